The van der Waals surface area contributed by atoms with Crippen molar-refractivity contribution in [3.63, 3.8) is 0 Å². The molecule has 15 heavy (non-hydrogen) atoms. The first-order chi connectivity index (χ1) is 7.26. The van der Waals surface area contributed by atoms with Gasteiger partial charge in [0.05, 0.1) is 7.11 Å². The highest BCUT2D eigenvalue weighted by molar-refractivity contribution is 7.99. The first-order valence-electron chi connectivity index (χ1n) is 4.78. The monoisotopic (exact) mass is 230 g/mol. The van der Waals surface area contributed by atoms with Gasteiger partial charge in [0.15, 0.2) is 0 Å². The molecule has 0 saturated heterocycles. The molecule has 1 aromatic rings. The van der Waals surface area contributed by atoms with Crippen LogP contribution in [0.2, 0.25) is 0 Å². The molecule has 0 aromatic carbocycles. The first kappa shape index (κ1) is 12.0. The van der Waals surface area contributed by atoms with Crippen molar-refractivity contribution in [1.29, 1.82) is 0 Å². The van der Waals surface area contributed by atoms with Gasteiger partial charge in [-0.1, -0.05) is 25.1 Å². The molecule has 0 fully saturated rings. The van der Waals surface area contributed by atoms with Crippen LogP contribution in [0.5, 0.6) is 0 Å². The second-order valence-electron chi connectivity index (χ2n) is 2.93. The van der Waals surface area contributed by atoms with E-state index in [2.05, 4.69) is 21.9 Å². The predicted molar refractivity (Wildman–Crippen MR) is 55.7 cm³/mol. The minimum atomic E-state index is -0.298. The average Bonchev–Trinajstić information content (AvgIpc) is 2.71. The molecule has 84 valence electrons. The number of hydrogen-bond donors (Lipinski definition) is 0. The summed E-state index contributed by atoms with van der Waals surface area (Å²) >= 11 is 1.19. The van der Waals surface area contributed by atoms with Crippen LogP contribution in [0.15, 0.2) is 9.64 Å². The molecule has 0 aliphatic carbocycles. The lowest BCUT2D eigenvalue weighted by molar-refractivity contribution is -0.137. The molecule has 1 rings (SSSR count). The Bertz CT molecular complexity index is 314. The highest BCUT2D eigenvalue weighted by Crippen LogP contribution is 2.16. The summed E-state index contributed by atoms with van der Waals surface area (Å²) in [5.74, 6) is 0.531. The fourth-order valence-electron chi connectivity index (χ4n) is 0.905. The largest absolute Gasteiger partial charge is 0.468 e. The number of hydrogen-bond acceptors (Lipinski definition) is 6. The number of aromatic nitrogens is 2. The molecule has 0 aliphatic rings. The minimum absolute atomic E-state index is 0.200. The molecule has 0 bridgehead atoms. The zero-order chi connectivity index (χ0) is 11.1. The van der Waals surface area contributed by atoms with Crippen LogP contribution < -0.4 is 0 Å². The number of carbonyl (C=O) groups excluding carboxylic acids is 1. The van der Waals surface area contributed by atoms with Crippen LogP contribution in [-0.4, -0.2) is 29.0 Å². The van der Waals surface area contributed by atoms with E-state index in [1.165, 1.54) is 18.9 Å². The summed E-state index contributed by atoms with van der Waals surface area (Å²) in [6, 6.07) is 0. The molecule has 0 spiro atoms. The SMILES string of the molecule is CCCCc1nnc(SCC(=O)OC)o1. The molecule has 1 aromatic heterocycles. The Hall–Kier alpha value is -1.04. The zero-order valence-corrected chi connectivity index (χ0v) is 9.67. The van der Waals surface area contributed by atoms with E-state index >= 15 is 0 Å². The standard InChI is InChI=1S/C9H14N2O3S/c1-3-4-5-7-10-11-9(14-7)15-6-8(12)13-2/h3-6H2,1-2H3. The van der Waals surface area contributed by atoms with Crippen molar-refractivity contribution >= 4 is 17.7 Å². The molecule has 0 atom stereocenters. The molecule has 6 heteroatoms. The van der Waals surface area contributed by atoms with Crippen LogP contribution in [0.3, 0.4) is 0 Å². The Balaban J connectivity index is 2.35. The molecule has 0 saturated carbocycles. The summed E-state index contributed by atoms with van der Waals surface area (Å²) in [5, 5.41) is 8.10. The maximum Gasteiger partial charge on any atom is 0.316 e. The van der Waals surface area contributed by atoms with Crippen LogP contribution in [-0.2, 0) is 16.0 Å². The van der Waals surface area contributed by atoms with Gasteiger partial charge < -0.3 is 9.15 Å². The van der Waals surface area contributed by atoms with Crippen molar-refractivity contribution < 1.29 is 13.9 Å². The van der Waals surface area contributed by atoms with E-state index in [1.807, 2.05) is 0 Å². The minimum Gasteiger partial charge on any atom is -0.468 e. The van der Waals surface area contributed by atoms with Gasteiger partial charge in [-0.2, -0.15) is 0 Å². The molecule has 5 nitrogen and oxygen atoms in total. The van der Waals surface area contributed by atoms with Crippen LogP contribution in [0.25, 0.3) is 0 Å². The van der Waals surface area contributed by atoms with E-state index in [4.69, 9.17) is 4.42 Å². The quantitative estimate of drug-likeness (QED) is 0.547. The van der Waals surface area contributed by atoms with Crippen molar-refractivity contribution in [2.45, 2.75) is 31.4 Å². The van der Waals surface area contributed by atoms with Gasteiger partial charge in [-0.05, 0) is 6.42 Å². The zero-order valence-electron chi connectivity index (χ0n) is 8.86. The van der Waals surface area contributed by atoms with Crippen molar-refractivity contribution in [3.05, 3.63) is 5.89 Å². The number of esters is 1. The summed E-state index contributed by atoms with van der Waals surface area (Å²) in [6.07, 6.45) is 2.92. The molecule has 0 amide bonds. The number of thioether (sulfide) groups is 1. The third-order valence-corrected chi connectivity index (χ3v) is 2.53. The summed E-state index contributed by atoms with van der Waals surface area (Å²) in [6.45, 7) is 2.10. The number of rotatable bonds is 6. The molecular formula is C9H14N2O3S. The van der Waals surface area contributed by atoms with E-state index < -0.39 is 0 Å². The van der Waals surface area contributed by atoms with Crippen molar-refractivity contribution in [1.82, 2.24) is 10.2 Å². The highest BCUT2D eigenvalue weighted by atomic mass is 32.2. The summed E-state index contributed by atoms with van der Waals surface area (Å²) in [5.41, 5.74) is 0. The van der Waals surface area contributed by atoms with E-state index in [9.17, 15) is 4.79 Å². The molecule has 0 radical (unpaired) electrons. The van der Waals surface area contributed by atoms with E-state index in [0.29, 0.717) is 11.1 Å². The highest BCUT2D eigenvalue weighted by Gasteiger charge is 2.08. The predicted octanol–water partition coefficient (Wildman–Crippen LogP) is 1.68. The lowest BCUT2D eigenvalue weighted by atomic mass is 10.2. The molecule has 0 N–H and O–H groups in total. The maximum absolute atomic E-state index is 10.8. The van der Waals surface area contributed by atoms with Gasteiger partial charge in [0.25, 0.3) is 5.22 Å². The second-order valence-corrected chi connectivity index (χ2v) is 3.86. The number of unbranched alkanes of at least 4 members (excludes halogenated alkanes) is 1. The van der Waals surface area contributed by atoms with Gasteiger partial charge in [0.1, 0.15) is 5.75 Å². The second kappa shape index (κ2) is 6.44. The molecule has 0 aliphatic heterocycles. The lowest BCUT2D eigenvalue weighted by Gasteiger charge is -1.94. The van der Waals surface area contributed by atoms with E-state index in [0.717, 1.165) is 19.3 Å². The van der Waals surface area contributed by atoms with Gasteiger partial charge in [-0.15, -0.1) is 10.2 Å². The smallest absolute Gasteiger partial charge is 0.316 e. The Morgan fingerprint density at radius 2 is 2.33 bits per heavy atom. The van der Waals surface area contributed by atoms with Crippen LogP contribution in [0.4, 0.5) is 0 Å². The topological polar surface area (TPSA) is 65.2 Å². The molecule has 1 heterocycles. The van der Waals surface area contributed by atoms with Gasteiger partial charge in [0, 0.05) is 6.42 Å². The Labute approximate surface area is 92.6 Å². The first-order valence-corrected chi connectivity index (χ1v) is 5.76. The lowest BCUT2D eigenvalue weighted by Crippen LogP contribution is -2.02. The van der Waals surface area contributed by atoms with Crippen LogP contribution in [0.1, 0.15) is 25.7 Å². The number of nitrogens with zero attached hydrogens (tertiary/aromatic N) is 2. The van der Waals surface area contributed by atoms with Crippen LogP contribution >= 0.6 is 11.8 Å². The fraction of sp³-hybridized carbons (Fsp3) is 0.667. The van der Waals surface area contributed by atoms with Gasteiger partial charge >= 0.3 is 5.97 Å². The maximum atomic E-state index is 10.8. The third-order valence-electron chi connectivity index (χ3n) is 1.73. The fourth-order valence-corrected chi connectivity index (χ4v) is 1.52. The van der Waals surface area contributed by atoms with Crippen molar-refractivity contribution in [3.8, 4) is 0 Å². The molecular weight excluding hydrogens is 216 g/mol. The number of ether oxygens (including phenoxy) is 1. The summed E-state index contributed by atoms with van der Waals surface area (Å²) < 4.78 is 9.81. The summed E-state index contributed by atoms with van der Waals surface area (Å²) in [7, 11) is 1.35. The van der Waals surface area contributed by atoms with Crippen molar-refractivity contribution in [2.75, 3.05) is 12.9 Å². The number of aryl methyl sites for hydroxylation is 1. The van der Waals surface area contributed by atoms with E-state index in [-0.39, 0.29) is 11.7 Å². The van der Waals surface area contributed by atoms with Crippen LogP contribution in [0, 0.1) is 0 Å². The van der Waals surface area contributed by atoms with E-state index in [1.54, 1.807) is 0 Å². The Morgan fingerprint density at radius 3 is 3.00 bits per heavy atom. The number of carbonyl (C=O) groups is 1. The average molecular weight is 230 g/mol. The summed E-state index contributed by atoms with van der Waals surface area (Å²) in [4.78, 5) is 10.8. The van der Waals surface area contributed by atoms with Gasteiger partial charge in [0.2, 0.25) is 5.89 Å². The Morgan fingerprint density at radius 1 is 1.53 bits per heavy atom. The van der Waals surface area contributed by atoms with Crippen molar-refractivity contribution in [2.24, 2.45) is 0 Å². The normalized spacial score (nSPS) is 10.3. The van der Waals surface area contributed by atoms with Gasteiger partial charge in [-0.3, -0.25) is 4.79 Å². The third kappa shape index (κ3) is 4.33. The van der Waals surface area contributed by atoms with Gasteiger partial charge in [-0.25, -0.2) is 0 Å². The molecule has 0 unspecified atom stereocenters. The number of methoxy groups -OCH3 is 1. The Kier molecular flexibility index (Phi) is 5.17.